The zero-order valence-corrected chi connectivity index (χ0v) is 18.7. The number of rotatable bonds is 6. The summed E-state index contributed by atoms with van der Waals surface area (Å²) in [6.45, 7) is 2.17. The average molecular weight is 439 g/mol. The average Bonchev–Trinajstić information content (AvgIpc) is 3.40. The molecule has 2 aromatic heterocycles. The summed E-state index contributed by atoms with van der Waals surface area (Å²) < 4.78 is 13.7. The molecule has 33 heavy (non-hydrogen) atoms. The predicted octanol–water partition coefficient (Wildman–Crippen LogP) is 7.63. The zero-order valence-electron chi connectivity index (χ0n) is 18.7. The molecular formula is C29H27FN2O. The maximum absolute atomic E-state index is 13.7. The standard InChI is InChI=1S/C29H27FN2O/c1-19-10-12-26-22(16-28(32-26)21-7-3-2-4-8-21)15-20(14-19)6-5-9-29(33)25-18-31-27-13-11-23(30)17-24(25)27/h2-4,7-8,11,13-18,31-32H,5-6,9-10,12H2,1H3. The lowest BCUT2D eigenvalue weighted by Crippen LogP contribution is -1.99. The first-order valence-electron chi connectivity index (χ1n) is 11.5. The first-order chi connectivity index (χ1) is 16.1. The van der Waals surface area contributed by atoms with E-state index in [9.17, 15) is 9.18 Å². The zero-order chi connectivity index (χ0) is 22.8. The number of carbonyl (C=O) groups is 1. The first kappa shape index (κ1) is 21.2. The van der Waals surface area contributed by atoms with E-state index in [1.54, 1.807) is 12.3 Å². The number of nitrogens with one attached hydrogen (secondary N) is 2. The van der Waals surface area contributed by atoms with E-state index in [1.807, 2.05) is 6.07 Å². The van der Waals surface area contributed by atoms with Crippen LogP contribution in [0.5, 0.6) is 0 Å². The van der Waals surface area contributed by atoms with Gasteiger partial charge in [-0.15, -0.1) is 0 Å². The van der Waals surface area contributed by atoms with Crippen molar-refractivity contribution in [2.75, 3.05) is 0 Å². The Morgan fingerprint density at radius 2 is 1.88 bits per heavy atom. The van der Waals surface area contributed by atoms with Gasteiger partial charge in [-0.05, 0) is 79.6 Å². The number of aromatic amines is 2. The highest BCUT2D eigenvalue weighted by molar-refractivity contribution is 6.07. The number of hydrogen-bond donors (Lipinski definition) is 2. The third-order valence-corrected chi connectivity index (χ3v) is 6.37. The van der Waals surface area contributed by atoms with Gasteiger partial charge in [0, 0.05) is 40.5 Å². The van der Waals surface area contributed by atoms with E-state index < -0.39 is 0 Å². The Hall–Kier alpha value is -3.66. The minimum atomic E-state index is -0.325. The fraction of sp³-hybridized carbons (Fsp3) is 0.207. The maximum atomic E-state index is 13.7. The number of hydrogen-bond acceptors (Lipinski definition) is 1. The van der Waals surface area contributed by atoms with Crippen LogP contribution in [0.1, 0.15) is 54.2 Å². The van der Waals surface area contributed by atoms with E-state index >= 15 is 0 Å². The van der Waals surface area contributed by atoms with Crippen LogP contribution in [-0.2, 0) is 6.42 Å². The monoisotopic (exact) mass is 438 g/mol. The molecule has 0 aliphatic heterocycles. The summed E-state index contributed by atoms with van der Waals surface area (Å²) in [4.78, 5) is 19.5. The number of ketones is 1. The largest absolute Gasteiger partial charge is 0.360 e. The summed E-state index contributed by atoms with van der Waals surface area (Å²) in [5.74, 6) is -0.277. The number of halogens is 1. The normalized spacial score (nSPS) is 13.8. The van der Waals surface area contributed by atoms with E-state index in [0.29, 0.717) is 17.4 Å². The Morgan fingerprint density at radius 3 is 2.73 bits per heavy atom. The van der Waals surface area contributed by atoms with E-state index in [1.165, 1.54) is 40.1 Å². The van der Waals surface area contributed by atoms with Crippen molar-refractivity contribution >= 4 is 22.8 Å². The molecular weight excluding hydrogens is 411 g/mol. The van der Waals surface area contributed by atoms with Crippen LogP contribution in [0.2, 0.25) is 0 Å². The minimum absolute atomic E-state index is 0.0488. The van der Waals surface area contributed by atoms with Crippen LogP contribution in [0.3, 0.4) is 0 Å². The van der Waals surface area contributed by atoms with Crippen LogP contribution in [0, 0.1) is 5.82 Å². The van der Waals surface area contributed by atoms with Gasteiger partial charge in [-0.1, -0.05) is 42.0 Å². The number of allylic oxidation sites excluding steroid dienone is 3. The number of aryl methyl sites for hydroxylation is 1. The van der Waals surface area contributed by atoms with Gasteiger partial charge in [-0.25, -0.2) is 4.39 Å². The summed E-state index contributed by atoms with van der Waals surface area (Å²) in [6.07, 6.45) is 10.2. The molecule has 4 heteroatoms. The molecule has 3 nitrogen and oxygen atoms in total. The van der Waals surface area contributed by atoms with E-state index in [4.69, 9.17) is 0 Å². The molecule has 4 aromatic rings. The minimum Gasteiger partial charge on any atom is -0.360 e. The second kappa shape index (κ2) is 9.07. The van der Waals surface area contributed by atoms with Crippen LogP contribution >= 0.6 is 0 Å². The van der Waals surface area contributed by atoms with E-state index in [0.717, 1.165) is 36.9 Å². The number of Topliss-reactive ketones (excluding diaryl/α,β-unsaturated/α-hetero) is 1. The van der Waals surface area contributed by atoms with Gasteiger partial charge in [0.05, 0.1) is 0 Å². The fourth-order valence-corrected chi connectivity index (χ4v) is 4.63. The van der Waals surface area contributed by atoms with Gasteiger partial charge < -0.3 is 9.97 Å². The summed E-state index contributed by atoms with van der Waals surface area (Å²) in [6, 6.07) is 17.1. The fourth-order valence-electron chi connectivity index (χ4n) is 4.63. The molecule has 2 aromatic carbocycles. The van der Waals surface area contributed by atoms with Gasteiger partial charge in [-0.2, -0.15) is 0 Å². The lowest BCUT2D eigenvalue weighted by Gasteiger charge is -2.10. The SMILES string of the molecule is CC1=CC(CCCC(=O)c2c[nH]c3ccc(F)cc23)=Cc2cc(-c3ccccc3)[nH]c2CC1. The predicted molar refractivity (Wildman–Crippen MR) is 133 cm³/mol. The molecule has 1 aliphatic carbocycles. The molecule has 0 saturated carbocycles. The van der Waals surface area contributed by atoms with Gasteiger partial charge in [0.25, 0.3) is 0 Å². The third kappa shape index (κ3) is 4.61. The Labute approximate surface area is 193 Å². The smallest absolute Gasteiger partial charge is 0.165 e. The summed E-state index contributed by atoms with van der Waals surface area (Å²) in [5, 5.41) is 0.659. The van der Waals surface area contributed by atoms with E-state index in [2.05, 4.69) is 59.4 Å². The highest BCUT2D eigenvalue weighted by Gasteiger charge is 2.14. The molecule has 0 radical (unpaired) electrons. The van der Waals surface area contributed by atoms with Crippen molar-refractivity contribution in [2.45, 2.75) is 39.0 Å². The Kier molecular flexibility index (Phi) is 5.82. The Balaban J connectivity index is 1.32. The number of fused-ring (bicyclic) bond motifs is 2. The molecule has 5 rings (SSSR count). The Morgan fingerprint density at radius 1 is 1.03 bits per heavy atom. The quantitative estimate of drug-likeness (QED) is 0.299. The molecule has 0 amide bonds. The summed E-state index contributed by atoms with van der Waals surface area (Å²) in [5.41, 5.74) is 8.76. The second-order valence-electron chi connectivity index (χ2n) is 8.86. The van der Waals surface area contributed by atoms with Crippen molar-refractivity contribution in [1.29, 1.82) is 0 Å². The molecule has 2 heterocycles. The van der Waals surface area contributed by atoms with Gasteiger partial charge in [0.15, 0.2) is 5.78 Å². The van der Waals surface area contributed by atoms with Crippen molar-refractivity contribution < 1.29 is 9.18 Å². The van der Waals surface area contributed by atoms with Crippen molar-refractivity contribution in [1.82, 2.24) is 9.97 Å². The maximum Gasteiger partial charge on any atom is 0.165 e. The lowest BCUT2D eigenvalue weighted by atomic mass is 9.95. The third-order valence-electron chi connectivity index (χ3n) is 6.37. The summed E-state index contributed by atoms with van der Waals surface area (Å²) >= 11 is 0. The van der Waals surface area contributed by atoms with E-state index in [-0.39, 0.29) is 11.6 Å². The number of benzene rings is 2. The van der Waals surface area contributed by atoms with Crippen LogP contribution < -0.4 is 0 Å². The molecule has 0 spiro atoms. The topological polar surface area (TPSA) is 48.6 Å². The molecule has 0 unspecified atom stereocenters. The van der Waals surface area contributed by atoms with Gasteiger partial charge in [0.2, 0.25) is 0 Å². The number of H-pyrrole nitrogens is 2. The van der Waals surface area contributed by atoms with Crippen LogP contribution in [0.4, 0.5) is 4.39 Å². The van der Waals surface area contributed by atoms with Crippen LogP contribution in [0.25, 0.3) is 28.2 Å². The summed E-state index contributed by atoms with van der Waals surface area (Å²) in [7, 11) is 0. The van der Waals surface area contributed by atoms with Crippen molar-refractivity contribution in [3.8, 4) is 11.3 Å². The number of carbonyl (C=O) groups excluding carboxylic acids is 1. The molecule has 2 N–H and O–H groups in total. The second-order valence-corrected chi connectivity index (χ2v) is 8.86. The van der Waals surface area contributed by atoms with Crippen LogP contribution in [0.15, 0.2) is 78.0 Å². The number of aromatic nitrogens is 2. The first-order valence-corrected chi connectivity index (χ1v) is 11.5. The van der Waals surface area contributed by atoms with Crippen LogP contribution in [-0.4, -0.2) is 15.8 Å². The molecule has 166 valence electrons. The molecule has 0 saturated heterocycles. The molecule has 0 atom stereocenters. The van der Waals surface area contributed by atoms with Gasteiger partial charge >= 0.3 is 0 Å². The molecule has 1 aliphatic rings. The van der Waals surface area contributed by atoms with Crippen molar-refractivity contribution in [2.24, 2.45) is 0 Å². The highest BCUT2D eigenvalue weighted by atomic mass is 19.1. The molecule has 0 bridgehead atoms. The highest BCUT2D eigenvalue weighted by Crippen LogP contribution is 2.29. The van der Waals surface area contributed by atoms with Gasteiger partial charge in [0.1, 0.15) is 5.82 Å². The molecule has 0 fully saturated rings. The van der Waals surface area contributed by atoms with Crippen molar-refractivity contribution in [3.05, 3.63) is 101 Å². The Bertz CT molecular complexity index is 1370. The van der Waals surface area contributed by atoms with Gasteiger partial charge in [-0.3, -0.25) is 4.79 Å². The van der Waals surface area contributed by atoms with Crippen molar-refractivity contribution in [3.63, 3.8) is 0 Å². The lowest BCUT2D eigenvalue weighted by molar-refractivity contribution is 0.0982.